The molecule has 1 aliphatic heterocycles. The number of Topliss-reactive ketones (excluding diaryl/α,β-unsaturated/α-hetero) is 1. The molecule has 2 aromatic carbocycles. The van der Waals surface area contributed by atoms with E-state index < -0.39 is 17.7 Å². The molecule has 4 rings (SSSR count). The van der Waals surface area contributed by atoms with Gasteiger partial charge < -0.3 is 19.4 Å². The third kappa shape index (κ3) is 3.66. The van der Waals surface area contributed by atoms with Crippen molar-refractivity contribution in [2.75, 3.05) is 4.90 Å². The van der Waals surface area contributed by atoms with Crippen LogP contribution in [0.4, 0.5) is 5.69 Å². The monoisotopic (exact) mass is 419 g/mol. The van der Waals surface area contributed by atoms with Crippen molar-refractivity contribution in [1.82, 2.24) is 0 Å². The van der Waals surface area contributed by atoms with Crippen molar-refractivity contribution >= 4 is 23.1 Å². The van der Waals surface area contributed by atoms with Crippen LogP contribution in [0.2, 0.25) is 0 Å². The number of carbonyl (C=O) groups excluding carboxylic acids is 2. The number of ether oxygens (including phenoxy) is 1. The molecule has 0 radical (unpaired) electrons. The standard InChI is InChI=1S/C24H21NO6/c1-14(2)31-16-8-5-7-15(13-16)22(27)20-21(19-11-6-12-30-19)25(24(29)23(20)28)17-9-3-4-10-18(17)26/h3-14,21,26-27H,1-2H3/b22-20-. The summed E-state index contributed by atoms with van der Waals surface area (Å²) in [6.07, 6.45) is 1.34. The van der Waals surface area contributed by atoms with E-state index in [1.807, 2.05) is 13.8 Å². The number of aliphatic hydroxyl groups is 1. The van der Waals surface area contributed by atoms with Gasteiger partial charge >= 0.3 is 0 Å². The number of aromatic hydroxyl groups is 1. The Balaban J connectivity index is 1.89. The number of phenols is 1. The van der Waals surface area contributed by atoms with Gasteiger partial charge in [0, 0.05) is 5.56 Å². The van der Waals surface area contributed by atoms with Gasteiger partial charge in [0.15, 0.2) is 0 Å². The van der Waals surface area contributed by atoms with Crippen LogP contribution >= 0.6 is 0 Å². The first-order valence-corrected chi connectivity index (χ1v) is 9.78. The Morgan fingerprint density at radius 3 is 2.52 bits per heavy atom. The number of anilines is 1. The molecular weight excluding hydrogens is 398 g/mol. The molecule has 1 unspecified atom stereocenters. The number of phenolic OH excluding ortho intramolecular Hbond substituents is 1. The molecule has 0 aliphatic carbocycles. The van der Waals surface area contributed by atoms with Crippen LogP contribution in [-0.2, 0) is 9.59 Å². The van der Waals surface area contributed by atoms with Crippen molar-refractivity contribution in [3.63, 3.8) is 0 Å². The largest absolute Gasteiger partial charge is 0.507 e. The Kier molecular flexibility index (Phi) is 5.25. The summed E-state index contributed by atoms with van der Waals surface area (Å²) < 4.78 is 11.2. The summed E-state index contributed by atoms with van der Waals surface area (Å²) in [6, 6.07) is 15.0. The lowest BCUT2D eigenvalue weighted by Gasteiger charge is -2.24. The number of furan rings is 1. The van der Waals surface area contributed by atoms with Crippen LogP contribution in [0, 0.1) is 0 Å². The predicted molar refractivity (Wildman–Crippen MR) is 114 cm³/mol. The van der Waals surface area contributed by atoms with Gasteiger partial charge in [0.1, 0.15) is 29.1 Å². The van der Waals surface area contributed by atoms with E-state index in [0.717, 1.165) is 4.90 Å². The summed E-state index contributed by atoms with van der Waals surface area (Å²) >= 11 is 0. The highest BCUT2D eigenvalue weighted by molar-refractivity contribution is 6.51. The Labute approximate surface area is 178 Å². The van der Waals surface area contributed by atoms with Crippen LogP contribution < -0.4 is 9.64 Å². The SMILES string of the molecule is CC(C)Oc1cccc(/C(O)=C2/C(=O)C(=O)N(c3ccccc3O)C2c2ccco2)c1. The zero-order valence-electron chi connectivity index (χ0n) is 17.0. The Bertz CT molecular complexity index is 1160. The minimum Gasteiger partial charge on any atom is -0.507 e. The molecule has 3 aromatic rings. The fourth-order valence-corrected chi connectivity index (χ4v) is 3.61. The summed E-state index contributed by atoms with van der Waals surface area (Å²) in [5.41, 5.74) is 0.330. The highest BCUT2D eigenvalue weighted by atomic mass is 16.5. The van der Waals surface area contributed by atoms with E-state index in [-0.39, 0.29) is 34.6 Å². The fourth-order valence-electron chi connectivity index (χ4n) is 3.61. The summed E-state index contributed by atoms with van der Waals surface area (Å²) in [7, 11) is 0. The Morgan fingerprint density at radius 2 is 1.84 bits per heavy atom. The van der Waals surface area contributed by atoms with Gasteiger partial charge in [-0.3, -0.25) is 14.5 Å². The van der Waals surface area contributed by atoms with E-state index in [1.54, 1.807) is 48.5 Å². The maximum absolute atomic E-state index is 13.0. The highest BCUT2D eigenvalue weighted by Crippen LogP contribution is 2.44. The molecule has 1 aliphatic rings. The topological polar surface area (TPSA) is 100 Å². The second-order valence-electron chi connectivity index (χ2n) is 7.37. The molecule has 31 heavy (non-hydrogen) atoms. The van der Waals surface area contributed by atoms with Gasteiger partial charge in [-0.15, -0.1) is 0 Å². The second kappa shape index (κ2) is 8.02. The minimum absolute atomic E-state index is 0.0767. The molecule has 2 N–H and O–H groups in total. The van der Waals surface area contributed by atoms with Crippen LogP contribution in [0.5, 0.6) is 11.5 Å². The molecule has 1 fully saturated rings. The van der Waals surface area contributed by atoms with Crippen molar-refractivity contribution < 1.29 is 29.0 Å². The van der Waals surface area contributed by atoms with E-state index >= 15 is 0 Å². The average molecular weight is 419 g/mol. The minimum atomic E-state index is -1.04. The highest BCUT2D eigenvalue weighted by Gasteiger charge is 2.49. The number of para-hydroxylation sites is 2. The molecule has 7 heteroatoms. The van der Waals surface area contributed by atoms with Crippen molar-refractivity contribution in [2.24, 2.45) is 0 Å². The predicted octanol–water partition coefficient (Wildman–Crippen LogP) is 4.40. The van der Waals surface area contributed by atoms with Crippen molar-refractivity contribution in [3.05, 3.63) is 83.8 Å². The van der Waals surface area contributed by atoms with Crippen molar-refractivity contribution in [2.45, 2.75) is 26.0 Å². The van der Waals surface area contributed by atoms with E-state index in [0.29, 0.717) is 11.3 Å². The number of aliphatic hydroxyl groups excluding tert-OH is 1. The quantitative estimate of drug-likeness (QED) is 0.361. The molecule has 1 atom stereocenters. The van der Waals surface area contributed by atoms with Crippen LogP contribution in [0.25, 0.3) is 5.76 Å². The van der Waals surface area contributed by atoms with Gasteiger partial charge in [-0.1, -0.05) is 24.3 Å². The first-order valence-electron chi connectivity index (χ1n) is 9.78. The molecule has 0 saturated carbocycles. The number of benzene rings is 2. The summed E-state index contributed by atoms with van der Waals surface area (Å²) in [5.74, 6) is -1.49. The molecule has 1 aromatic heterocycles. The van der Waals surface area contributed by atoms with Gasteiger partial charge in [-0.05, 0) is 50.2 Å². The lowest BCUT2D eigenvalue weighted by molar-refractivity contribution is -0.132. The smallest absolute Gasteiger partial charge is 0.300 e. The molecule has 2 heterocycles. The molecule has 7 nitrogen and oxygen atoms in total. The van der Waals surface area contributed by atoms with E-state index in [1.165, 1.54) is 18.4 Å². The zero-order chi connectivity index (χ0) is 22.1. The summed E-state index contributed by atoms with van der Waals surface area (Å²) in [4.78, 5) is 27.1. The third-order valence-electron chi connectivity index (χ3n) is 4.88. The third-order valence-corrected chi connectivity index (χ3v) is 4.88. The first kappa shape index (κ1) is 20.3. The average Bonchev–Trinajstić information content (AvgIpc) is 3.35. The fraction of sp³-hybridized carbons (Fsp3) is 0.167. The Hall–Kier alpha value is -4.00. The summed E-state index contributed by atoms with van der Waals surface area (Å²) in [6.45, 7) is 3.75. The second-order valence-corrected chi connectivity index (χ2v) is 7.37. The number of carbonyl (C=O) groups is 2. The molecular formula is C24H21NO6. The molecule has 0 bridgehead atoms. The van der Waals surface area contributed by atoms with Crippen molar-refractivity contribution in [1.29, 1.82) is 0 Å². The zero-order valence-corrected chi connectivity index (χ0v) is 17.0. The first-order chi connectivity index (χ1) is 14.9. The van der Waals surface area contributed by atoms with Crippen LogP contribution in [0.3, 0.4) is 0 Å². The molecule has 0 spiro atoms. The number of rotatable bonds is 5. The maximum Gasteiger partial charge on any atom is 0.300 e. The summed E-state index contributed by atoms with van der Waals surface area (Å²) in [5, 5.41) is 21.4. The van der Waals surface area contributed by atoms with Crippen LogP contribution in [0.15, 0.2) is 76.9 Å². The van der Waals surface area contributed by atoms with Gasteiger partial charge in [-0.2, -0.15) is 0 Å². The number of amides is 1. The lowest BCUT2D eigenvalue weighted by atomic mass is 9.99. The van der Waals surface area contributed by atoms with E-state index in [4.69, 9.17) is 9.15 Å². The normalized spacial score (nSPS) is 18.0. The number of nitrogens with zero attached hydrogens (tertiary/aromatic N) is 1. The van der Waals surface area contributed by atoms with Gasteiger partial charge in [-0.25, -0.2) is 0 Å². The van der Waals surface area contributed by atoms with Gasteiger partial charge in [0.05, 0.1) is 23.6 Å². The Morgan fingerprint density at radius 1 is 1.06 bits per heavy atom. The van der Waals surface area contributed by atoms with Crippen LogP contribution in [0.1, 0.15) is 31.2 Å². The van der Waals surface area contributed by atoms with Gasteiger partial charge in [0.25, 0.3) is 11.7 Å². The van der Waals surface area contributed by atoms with E-state index in [9.17, 15) is 19.8 Å². The van der Waals surface area contributed by atoms with E-state index in [2.05, 4.69) is 0 Å². The molecule has 158 valence electrons. The van der Waals surface area contributed by atoms with Crippen LogP contribution in [-0.4, -0.2) is 28.0 Å². The lowest BCUT2D eigenvalue weighted by Crippen LogP contribution is -2.29. The number of ketones is 1. The maximum atomic E-state index is 13.0. The van der Waals surface area contributed by atoms with Gasteiger partial charge in [0.2, 0.25) is 0 Å². The number of hydrogen-bond acceptors (Lipinski definition) is 6. The number of hydrogen-bond donors (Lipinski definition) is 2. The molecule has 1 amide bonds. The molecule has 1 saturated heterocycles. The van der Waals surface area contributed by atoms with Crippen molar-refractivity contribution in [3.8, 4) is 11.5 Å².